The van der Waals surface area contributed by atoms with Gasteiger partial charge in [-0.15, -0.1) is 11.3 Å². The lowest BCUT2D eigenvalue weighted by Gasteiger charge is -2.21. The van der Waals surface area contributed by atoms with E-state index in [1.54, 1.807) is 6.07 Å². The Morgan fingerprint density at radius 2 is 2.00 bits per heavy atom. The van der Waals surface area contributed by atoms with Gasteiger partial charge in [-0.25, -0.2) is 4.98 Å². The molecule has 2 heterocycles. The third-order valence-corrected chi connectivity index (χ3v) is 4.95. The van der Waals surface area contributed by atoms with Crippen LogP contribution < -0.4 is 10.6 Å². The Kier molecular flexibility index (Phi) is 5.68. The largest absolute Gasteiger partial charge is 0.354 e. The van der Waals surface area contributed by atoms with Crippen LogP contribution in [0.25, 0.3) is 11.0 Å². The summed E-state index contributed by atoms with van der Waals surface area (Å²) >= 11 is 1.36. The maximum atomic E-state index is 12.5. The molecule has 136 valence electrons. The van der Waals surface area contributed by atoms with Crippen molar-refractivity contribution in [3.63, 3.8) is 0 Å². The van der Waals surface area contributed by atoms with E-state index in [1.165, 1.54) is 11.3 Å². The Morgan fingerprint density at radius 3 is 2.69 bits per heavy atom. The molecule has 0 aliphatic carbocycles. The summed E-state index contributed by atoms with van der Waals surface area (Å²) in [6.45, 7) is 4.28. The van der Waals surface area contributed by atoms with Crippen molar-refractivity contribution in [1.29, 1.82) is 0 Å². The molecule has 0 bridgehead atoms. The number of benzene rings is 1. The smallest absolute Gasteiger partial charge is 0.262 e. The maximum Gasteiger partial charge on any atom is 0.262 e. The SMILES string of the molecule is CC(C)C(NC(=O)c1cccs1)C(=O)NCCc1nc2ccccc2[nH]1. The highest BCUT2D eigenvalue weighted by Gasteiger charge is 2.24. The van der Waals surface area contributed by atoms with Crippen molar-refractivity contribution in [2.75, 3.05) is 6.54 Å². The number of imidazole rings is 1. The average Bonchev–Trinajstić information content (AvgIpc) is 3.28. The molecule has 0 aliphatic rings. The lowest BCUT2D eigenvalue weighted by atomic mass is 10.0. The normalized spacial score (nSPS) is 12.3. The van der Waals surface area contributed by atoms with E-state index < -0.39 is 6.04 Å². The van der Waals surface area contributed by atoms with Crippen molar-refractivity contribution in [2.45, 2.75) is 26.3 Å². The van der Waals surface area contributed by atoms with Gasteiger partial charge < -0.3 is 15.6 Å². The molecule has 0 saturated carbocycles. The first kappa shape index (κ1) is 18.1. The molecule has 7 heteroatoms. The first-order chi connectivity index (χ1) is 12.5. The van der Waals surface area contributed by atoms with Gasteiger partial charge in [0.25, 0.3) is 5.91 Å². The zero-order chi connectivity index (χ0) is 18.5. The van der Waals surface area contributed by atoms with Crippen LogP contribution in [0, 0.1) is 5.92 Å². The minimum absolute atomic E-state index is 0.00915. The summed E-state index contributed by atoms with van der Waals surface area (Å²) in [7, 11) is 0. The van der Waals surface area contributed by atoms with E-state index in [0.717, 1.165) is 16.9 Å². The Morgan fingerprint density at radius 1 is 1.19 bits per heavy atom. The standard InChI is InChI=1S/C19H22N4O2S/c1-12(2)17(23-18(24)15-8-5-11-26-15)19(25)20-10-9-16-21-13-6-3-4-7-14(13)22-16/h3-8,11-12,17H,9-10H2,1-2H3,(H,20,25)(H,21,22)(H,23,24). The molecule has 1 unspecified atom stereocenters. The Balaban J connectivity index is 1.55. The second kappa shape index (κ2) is 8.14. The number of para-hydroxylation sites is 2. The van der Waals surface area contributed by atoms with Crippen molar-refractivity contribution in [2.24, 2.45) is 5.92 Å². The molecule has 26 heavy (non-hydrogen) atoms. The third-order valence-electron chi connectivity index (χ3n) is 4.08. The van der Waals surface area contributed by atoms with E-state index in [-0.39, 0.29) is 17.7 Å². The number of carbonyl (C=O) groups is 2. The van der Waals surface area contributed by atoms with Crippen LogP contribution in [-0.2, 0) is 11.2 Å². The number of amides is 2. The van der Waals surface area contributed by atoms with Crippen LogP contribution in [0.5, 0.6) is 0 Å². The second-order valence-corrected chi connectivity index (χ2v) is 7.36. The molecule has 0 spiro atoms. The van der Waals surface area contributed by atoms with Crippen molar-refractivity contribution in [1.82, 2.24) is 20.6 Å². The van der Waals surface area contributed by atoms with Gasteiger partial charge in [-0.2, -0.15) is 0 Å². The number of hydrogen-bond donors (Lipinski definition) is 3. The predicted molar refractivity (Wildman–Crippen MR) is 103 cm³/mol. The molecular weight excluding hydrogens is 348 g/mol. The van der Waals surface area contributed by atoms with Crippen molar-refractivity contribution >= 4 is 34.2 Å². The van der Waals surface area contributed by atoms with Gasteiger partial charge in [0.15, 0.2) is 0 Å². The number of thiophene rings is 1. The fourth-order valence-electron chi connectivity index (χ4n) is 2.69. The summed E-state index contributed by atoms with van der Waals surface area (Å²) in [5.74, 6) is 0.424. The summed E-state index contributed by atoms with van der Waals surface area (Å²) in [6, 6.07) is 10.8. The molecule has 6 nitrogen and oxygen atoms in total. The minimum Gasteiger partial charge on any atom is -0.354 e. The summed E-state index contributed by atoms with van der Waals surface area (Å²) in [4.78, 5) is 33.1. The Bertz CT molecular complexity index is 853. The molecule has 3 rings (SSSR count). The number of rotatable bonds is 7. The third kappa shape index (κ3) is 4.29. The first-order valence-corrected chi connectivity index (χ1v) is 9.48. The highest BCUT2D eigenvalue weighted by Crippen LogP contribution is 2.11. The molecule has 0 aliphatic heterocycles. The van der Waals surface area contributed by atoms with Gasteiger partial charge >= 0.3 is 0 Å². The quantitative estimate of drug-likeness (QED) is 0.598. The van der Waals surface area contributed by atoms with Crippen LogP contribution in [0.3, 0.4) is 0 Å². The number of carbonyl (C=O) groups excluding carboxylic acids is 2. The van der Waals surface area contributed by atoms with E-state index in [1.807, 2.05) is 49.6 Å². The first-order valence-electron chi connectivity index (χ1n) is 8.60. The van der Waals surface area contributed by atoms with Gasteiger partial charge in [0, 0.05) is 13.0 Å². The van der Waals surface area contributed by atoms with E-state index in [4.69, 9.17) is 0 Å². The van der Waals surface area contributed by atoms with Crippen LogP contribution in [0.2, 0.25) is 0 Å². The summed E-state index contributed by atoms with van der Waals surface area (Å²) < 4.78 is 0. The molecule has 0 fully saturated rings. The van der Waals surface area contributed by atoms with Gasteiger partial charge in [0.05, 0.1) is 15.9 Å². The molecule has 3 N–H and O–H groups in total. The average molecular weight is 370 g/mol. The van der Waals surface area contributed by atoms with Crippen LogP contribution in [0.15, 0.2) is 41.8 Å². The van der Waals surface area contributed by atoms with Gasteiger partial charge in [-0.3, -0.25) is 9.59 Å². The number of nitrogens with zero attached hydrogens (tertiary/aromatic N) is 1. The lowest BCUT2D eigenvalue weighted by Crippen LogP contribution is -2.50. The van der Waals surface area contributed by atoms with Gasteiger partial charge in [0.1, 0.15) is 11.9 Å². The Hall–Kier alpha value is -2.67. The summed E-state index contributed by atoms with van der Waals surface area (Å²) in [6.07, 6.45) is 0.601. The number of nitrogens with one attached hydrogen (secondary N) is 3. The summed E-state index contributed by atoms with van der Waals surface area (Å²) in [5.41, 5.74) is 1.90. The molecule has 2 amide bonds. The lowest BCUT2D eigenvalue weighted by molar-refractivity contribution is -0.123. The van der Waals surface area contributed by atoms with Crippen LogP contribution in [-0.4, -0.2) is 34.4 Å². The fraction of sp³-hybridized carbons (Fsp3) is 0.316. The number of aromatic amines is 1. The van der Waals surface area contributed by atoms with Crippen molar-refractivity contribution in [3.8, 4) is 0 Å². The number of hydrogen-bond acceptors (Lipinski definition) is 4. The van der Waals surface area contributed by atoms with Gasteiger partial charge in [-0.1, -0.05) is 32.0 Å². The molecule has 2 aromatic heterocycles. The molecule has 1 aromatic carbocycles. The van der Waals surface area contributed by atoms with Gasteiger partial charge in [-0.05, 0) is 29.5 Å². The van der Waals surface area contributed by atoms with Crippen LogP contribution in [0.1, 0.15) is 29.3 Å². The zero-order valence-corrected chi connectivity index (χ0v) is 15.6. The Labute approximate surface area is 156 Å². The highest BCUT2D eigenvalue weighted by atomic mass is 32.1. The predicted octanol–water partition coefficient (Wildman–Crippen LogP) is 2.74. The molecule has 0 radical (unpaired) electrons. The number of aromatic nitrogens is 2. The van der Waals surface area contributed by atoms with Crippen LogP contribution in [0.4, 0.5) is 0 Å². The van der Waals surface area contributed by atoms with E-state index in [0.29, 0.717) is 17.8 Å². The van der Waals surface area contributed by atoms with Gasteiger partial charge in [0.2, 0.25) is 5.91 Å². The number of H-pyrrole nitrogens is 1. The van der Waals surface area contributed by atoms with E-state index >= 15 is 0 Å². The monoisotopic (exact) mass is 370 g/mol. The maximum absolute atomic E-state index is 12.5. The topological polar surface area (TPSA) is 86.9 Å². The fourth-order valence-corrected chi connectivity index (χ4v) is 3.32. The molecule has 1 atom stereocenters. The molecule has 3 aromatic rings. The molecule has 0 saturated heterocycles. The highest BCUT2D eigenvalue weighted by molar-refractivity contribution is 7.12. The van der Waals surface area contributed by atoms with Crippen molar-refractivity contribution in [3.05, 3.63) is 52.5 Å². The summed E-state index contributed by atoms with van der Waals surface area (Å²) in [5, 5.41) is 7.56. The minimum atomic E-state index is -0.569. The van der Waals surface area contributed by atoms with Crippen molar-refractivity contribution < 1.29 is 9.59 Å². The molecular formula is C19H22N4O2S. The van der Waals surface area contributed by atoms with Crippen LogP contribution >= 0.6 is 11.3 Å². The van der Waals surface area contributed by atoms with E-state index in [9.17, 15) is 9.59 Å². The zero-order valence-electron chi connectivity index (χ0n) is 14.8. The van der Waals surface area contributed by atoms with E-state index in [2.05, 4.69) is 20.6 Å². The second-order valence-electron chi connectivity index (χ2n) is 6.41. The number of fused-ring (bicyclic) bond motifs is 1.